The Kier molecular flexibility index (Phi) is 17.2. The molecule has 1 aromatic carbocycles. The van der Waals surface area contributed by atoms with Crippen molar-refractivity contribution in [2.24, 2.45) is 0 Å². The molecule has 0 amide bonds. The van der Waals surface area contributed by atoms with Crippen LogP contribution < -0.4 is 0 Å². The van der Waals surface area contributed by atoms with Gasteiger partial charge in [0.1, 0.15) is 6.10 Å². The quantitative estimate of drug-likeness (QED) is 0.307. The minimum Gasteiger partial charge on any atom is -0.478 e. The van der Waals surface area contributed by atoms with Crippen molar-refractivity contribution in [1.82, 2.24) is 0 Å². The highest BCUT2D eigenvalue weighted by atomic mass is 16.4. The molecule has 0 saturated carbocycles. The summed E-state index contributed by atoms with van der Waals surface area (Å²) in [6, 6.07) is 2.81. The lowest BCUT2D eigenvalue weighted by atomic mass is 10.0. The third kappa shape index (κ3) is 9.42. The number of aliphatic hydroxyl groups is 3. The van der Waals surface area contributed by atoms with Crippen LogP contribution in [0.25, 0.3) is 0 Å². The first kappa shape index (κ1) is 29.4. The number of aromatic carboxylic acids is 3. The Balaban J connectivity index is -0.000000194. The van der Waals surface area contributed by atoms with Crippen LogP contribution in [0.4, 0.5) is 0 Å². The fourth-order valence-electron chi connectivity index (χ4n) is 1.10. The van der Waals surface area contributed by atoms with Gasteiger partial charge in [0.05, 0.1) is 29.9 Å². The van der Waals surface area contributed by atoms with Gasteiger partial charge in [-0.15, -0.1) is 0 Å². The molecule has 140 valence electrons. The number of aliphatic hydroxyl groups excluding tert-OH is 3. The summed E-state index contributed by atoms with van der Waals surface area (Å²) in [6.45, 7) is -0.729. The van der Waals surface area contributed by atoms with Crippen molar-refractivity contribution in [3.63, 3.8) is 0 Å². The summed E-state index contributed by atoms with van der Waals surface area (Å²) < 4.78 is 0. The molecule has 1 rings (SSSR count). The van der Waals surface area contributed by atoms with Gasteiger partial charge in [0.25, 0.3) is 0 Å². The van der Waals surface area contributed by atoms with Crippen LogP contribution >= 0.6 is 0 Å². The highest BCUT2D eigenvalue weighted by molar-refractivity contribution is 6.03. The number of rotatable bonds is 5. The second-order valence-electron chi connectivity index (χ2n) is 3.69. The van der Waals surface area contributed by atoms with E-state index in [1.165, 1.54) is 0 Å². The molecule has 0 radical (unpaired) electrons. The van der Waals surface area contributed by atoms with Crippen LogP contribution in [0, 0.1) is 0 Å². The van der Waals surface area contributed by atoms with E-state index in [2.05, 4.69) is 0 Å². The third-order valence-corrected chi connectivity index (χ3v) is 2.15. The predicted octanol–water partition coefficient (Wildman–Crippen LogP) is -3.36. The van der Waals surface area contributed by atoms with Crippen LogP contribution in [0.15, 0.2) is 18.2 Å². The fourth-order valence-corrected chi connectivity index (χ4v) is 1.10. The van der Waals surface area contributed by atoms with E-state index < -0.39 is 35.1 Å². The van der Waals surface area contributed by atoms with Gasteiger partial charge in [-0.2, -0.15) is 0 Å². The van der Waals surface area contributed by atoms with Crippen molar-refractivity contribution in [3.05, 3.63) is 34.9 Å². The molecule has 12 heteroatoms. The zero-order valence-corrected chi connectivity index (χ0v) is 12.1. The van der Waals surface area contributed by atoms with Gasteiger partial charge in [-0.05, 0) is 18.2 Å². The van der Waals surface area contributed by atoms with Crippen LogP contribution in [0.2, 0.25) is 0 Å². The zero-order valence-electron chi connectivity index (χ0n) is 12.1. The van der Waals surface area contributed by atoms with E-state index in [0.717, 1.165) is 18.2 Å². The van der Waals surface area contributed by atoms with Crippen LogP contribution in [-0.2, 0) is 0 Å². The van der Waals surface area contributed by atoms with E-state index >= 15 is 0 Å². The van der Waals surface area contributed by atoms with Gasteiger partial charge in [0.2, 0.25) is 0 Å². The van der Waals surface area contributed by atoms with Crippen LogP contribution in [0.5, 0.6) is 0 Å². The largest absolute Gasteiger partial charge is 0.478 e. The van der Waals surface area contributed by atoms with Crippen molar-refractivity contribution >= 4 is 17.9 Å². The zero-order chi connectivity index (χ0) is 16.6. The molecular weight excluding hydrogens is 336 g/mol. The number of carbonyl (C=O) groups is 3. The van der Waals surface area contributed by atoms with E-state index in [1.54, 1.807) is 0 Å². The van der Waals surface area contributed by atoms with Gasteiger partial charge >= 0.3 is 17.9 Å². The van der Waals surface area contributed by atoms with Crippen molar-refractivity contribution < 1.29 is 61.5 Å². The average molecular weight is 356 g/mol. The Morgan fingerprint density at radius 2 is 1.21 bits per heavy atom. The molecule has 0 aliphatic carbocycles. The van der Waals surface area contributed by atoms with Gasteiger partial charge < -0.3 is 47.1 Å². The van der Waals surface area contributed by atoms with Crippen LogP contribution in [0.1, 0.15) is 31.1 Å². The minimum atomic E-state index is -1.48. The molecule has 0 spiro atoms. The number of benzene rings is 1. The van der Waals surface area contributed by atoms with E-state index in [4.69, 9.17) is 30.6 Å². The SMILES string of the molecule is O.O.O.O=C(O)c1ccc(C(=O)O)c(C(=O)O)c1.OCC(O)CO. The molecule has 12 N–H and O–H groups in total. The van der Waals surface area contributed by atoms with Gasteiger partial charge in [-0.1, -0.05) is 0 Å². The van der Waals surface area contributed by atoms with Crippen LogP contribution in [0.3, 0.4) is 0 Å². The minimum absolute atomic E-state index is 0. The molecule has 0 heterocycles. The summed E-state index contributed by atoms with van der Waals surface area (Å²) in [5, 5.41) is 49.9. The molecule has 0 bridgehead atoms. The first-order chi connectivity index (χ1) is 9.74. The Hall–Kier alpha value is -2.61. The van der Waals surface area contributed by atoms with Crippen LogP contribution in [-0.4, -0.2) is 84.3 Å². The standard InChI is InChI=1S/C9H6O6.C3H8O3.3H2O/c10-7(11)4-1-2-5(8(12)13)6(3-4)9(14)15;4-1-3(6)2-5;;;/h1-3H,(H,10,11)(H,12,13)(H,14,15);3-6H,1-2H2;3*1H2. The summed E-state index contributed by atoms with van der Waals surface area (Å²) in [4.78, 5) is 31.8. The van der Waals surface area contributed by atoms with Gasteiger partial charge in [-0.3, -0.25) is 0 Å². The highest BCUT2D eigenvalue weighted by Gasteiger charge is 2.17. The number of hydrogen-bond acceptors (Lipinski definition) is 6. The lowest BCUT2D eigenvalue weighted by Gasteiger charge is -2.02. The maximum absolute atomic E-state index is 10.6. The average Bonchev–Trinajstić information content (AvgIpc) is 2.45. The van der Waals surface area contributed by atoms with Gasteiger partial charge in [-0.25, -0.2) is 14.4 Å². The molecule has 0 saturated heterocycles. The maximum atomic E-state index is 10.6. The Bertz CT molecular complexity index is 523. The summed E-state index contributed by atoms with van der Waals surface area (Å²) in [5.74, 6) is -4.20. The molecule has 24 heavy (non-hydrogen) atoms. The van der Waals surface area contributed by atoms with E-state index in [1.807, 2.05) is 0 Å². The first-order valence-corrected chi connectivity index (χ1v) is 5.48. The Morgan fingerprint density at radius 3 is 1.46 bits per heavy atom. The van der Waals surface area contributed by atoms with E-state index in [0.29, 0.717) is 0 Å². The molecule has 0 aliphatic rings. The molecule has 0 fully saturated rings. The van der Waals surface area contributed by atoms with Crippen molar-refractivity contribution in [3.8, 4) is 0 Å². The predicted molar refractivity (Wildman–Crippen MR) is 78.3 cm³/mol. The Morgan fingerprint density at radius 1 is 0.792 bits per heavy atom. The topological polar surface area (TPSA) is 267 Å². The Labute approximate surface area is 134 Å². The number of carboxylic acids is 3. The number of hydrogen-bond donors (Lipinski definition) is 6. The lowest BCUT2D eigenvalue weighted by Crippen LogP contribution is -2.15. The molecule has 0 aromatic heterocycles. The third-order valence-electron chi connectivity index (χ3n) is 2.15. The van der Waals surface area contributed by atoms with Gasteiger partial charge in [0.15, 0.2) is 0 Å². The molecular formula is C12H20O12. The van der Waals surface area contributed by atoms with Gasteiger partial charge in [0, 0.05) is 0 Å². The van der Waals surface area contributed by atoms with E-state index in [9.17, 15) is 14.4 Å². The molecule has 12 nitrogen and oxygen atoms in total. The number of carboxylic acid groups (broad SMARTS) is 3. The van der Waals surface area contributed by atoms with Crippen molar-refractivity contribution in [2.45, 2.75) is 6.10 Å². The summed E-state index contributed by atoms with van der Waals surface area (Å²) in [6.07, 6.45) is -0.954. The van der Waals surface area contributed by atoms with Crippen molar-refractivity contribution in [2.75, 3.05) is 13.2 Å². The first-order valence-electron chi connectivity index (χ1n) is 5.48. The van der Waals surface area contributed by atoms with Crippen molar-refractivity contribution in [1.29, 1.82) is 0 Å². The second-order valence-corrected chi connectivity index (χ2v) is 3.69. The monoisotopic (exact) mass is 356 g/mol. The molecule has 0 unspecified atom stereocenters. The summed E-state index contributed by atoms with van der Waals surface area (Å²) in [5.41, 5.74) is -1.24. The molecule has 0 aliphatic heterocycles. The fraction of sp³-hybridized carbons (Fsp3) is 0.250. The van der Waals surface area contributed by atoms with E-state index in [-0.39, 0.29) is 35.2 Å². The molecule has 0 atom stereocenters. The summed E-state index contributed by atoms with van der Waals surface area (Å²) in [7, 11) is 0. The smallest absolute Gasteiger partial charge is 0.336 e. The molecule has 1 aromatic rings. The summed E-state index contributed by atoms with van der Waals surface area (Å²) >= 11 is 0. The normalized spacial score (nSPS) is 8.50. The second kappa shape index (κ2) is 14.0. The highest BCUT2D eigenvalue weighted by Crippen LogP contribution is 2.12. The maximum Gasteiger partial charge on any atom is 0.336 e. The lowest BCUT2D eigenvalue weighted by molar-refractivity contribution is 0.0450.